The summed E-state index contributed by atoms with van der Waals surface area (Å²) in [5.41, 5.74) is 0.409. The van der Waals surface area contributed by atoms with Gasteiger partial charge in [0.2, 0.25) is 0 Å². The number of anilines is 1. The smallest absolute Gasteiger partial charge is 0.258 e. The average molecular weight is 364 g/mol. The minimum Gasteiger partial charge on any atom is -0.321 e. The predicted octanol–water partition coefficient (Wildman–Crippen LogP) is 4.54. The lowest BCUT2D eigenvalue weighted by Crippen LogP contribution is -2.13. The van der Waals surface area contributed by atoms with Gasteiger partial charge in [0.15, 0.2) is 0 Å². The van der Waals surface area contributed by atoms with E-state index in [2.05, 4.69) is 26.2 Å². The fourth-order valence-electron chi connectivity index (χ4n) is 1.36. The molecule has 0 aliphatic heterocycles. The van der Waals surface area contributed by atoms with Crippen molar-refractivity contribution in [3.63, 3.8) is 0 Å². The number of rotatable bonds is 2. The number of hydrogen-bond acceptors (Lipinski definition) is 2. The molecule has 1 heterocycles. The van der Waals surface area contributed by atoms with E-state index in [9.17, 15) is 9.18 Å². The third-order valence-corrected chi connectivity index (χ3v) is 3.45. The largest absolute Gasteiger partial charge is 0.321 e. The Kier molecular flexibility index (Phi) is 4.39. The summed E-state index contributed by atoms with van der Waals surface area (Å²) < 4.78 is 13.7. The van der Waals surface area contributed by atoms with E-state index in [0.29, 0.717) is 15.2 Å². The van der Waals surface area contributed by atoms with Crippen LogP contribution < -0.4 is 5.32 Å². The summed E-state index contributed by atoms with van der Waals surface area (Å²) in [6, 6.07) is 5.93. The second-order valence-corrected chi connectivity index (χ2v) is 5.22. The van der Waals surface area contributed by atoms with Crippen molar-refractivity contribution in [2.75, 3.05) is 5.32 Å². The van der Waals surface area contributed by atoms with Crippen molar-refractivity contribution in [1.29, 1.82) is 0 Å². The molecular weight excluding hydrogens is 358 g/mol. The zero-order valence-electron chi connectivity index (χ0n) is 9.25. The molecule has 0 aliphatic carbocycles. The Morgan fingerprint density at radius 2 is 2.05 bits per heavy atom. The maximum atomic E-state index is 13.1. The zero-order valence-corrected chi connectivity index (χ0v) is 12.4. The summed E-state index contributed by atoms with van der Waals surface area (Å²) >= 11 is 14.9. The monoisotopic (exact) mass is 362 g/mol. The van der Waals surface area contributed by atoms with E-state index in [4.69, 9.17) is 23.2 Å². The predicted molar refractivity (Wildman–Crippen MR) is 76.3 cm³/mol. The third-order valence-electron chi connectivity index (χ3n) is 2.23. The van der Waals surface area contributed by atoms with Gasteiger partial charge in [-0.1, -0.05) is 23.2 Å². The number of aromatic nitrogens is 1. The Morgan fingerprint density at radius 3 is 2.79 bits per heavy atom. The molecule has 0 fully saturated rings. The summed E-state index contributed by atoms with van der Waals surface area (Å²) in [4.78, 5) is 15.6. The quantitative estimate of drug-likeness (QED) is 0.795. The minimum absolute atomic E-state index is 0.0476. The minimum atomic E-state index is -0.639. The van der Waals surface area contributed by atoms with Crippen molar-refractivity contribution in [2.45, 2.75) is 0 Å². The number of nitrogens with zero attached hydrogens (tertiary/aromatic N) is 1. The number of carbonyl (C=O) groups excluding carboxylic acids is 1. The molecule has 0 spiro atoms. The molecule has 0 unspecified atom stereocenters. The first-order valence-corrected chi connectivity index (χ1v) is 6.59. The van der Waals surface area contributed by atoms with Crippen LogP contribution in [0.3, 0.4) is 0 Å². The number of benzene rings is 1. The Labute approximate surface area is 126 Å². The van der Waals surface area contributed by atoms with Gasteiger partial charge in [0, 0.05) is 9.50 Å². The maximum absolute atomic E-state index is 13.1. The summed E-state index contributed by atoms with van der Waals surface area (Å²) in [6.07, 6.45) is 0.939. The van der Waals surface area contributed by atoms with E-state index < -0.39 is 11.7 Å². The summed E-state index contributed by atoms with van der Waals surface area (Å²) in [6.45, 7) is 0. The SMILES string of the molecule is O=C(Nc1cc(Cl)ccc1Br)c1cc(F)cnc1Cl. The fraction of sp³-hybridized carbons (Fsp3) is 0. The molecule has 98 valence electrons. The molecule has 0 saturated carbocycles. The van der Waals surface area contributed by atoms with Crippen LogP contribution in [0.1, 0.15) is 10.4 Å². The summed E-state index contributed by atoms with van der Waals surface area (Å²) in [5, 5.41) is 2.96. The van der Waals surface area contributed by atoms with Crippen LogP contribution in [0.4, 0.5) is 10.1 Å². The van der Waals surface area contributed by atoms with E-state index in [0.717, 1.165) is 12.3 Å². The molecule has 3 nitrogen and oxygen atoms in total. The third kappa shape index (κ3) is 3.43. The van der Waals surface area contributed by atoms with Crippen molar-refractivity contribution in [1.82, 2.24) is 4.98 Å². The number of halogens is 4. The molecule has 0 bridgehead atoms. The van der Waals surface area contributed by atoms with Crippen LogP contribution in [-0.2, 0) is 0 Å². The number of nitrogens with one attached hydrogen (secondary N) is 1. The van der Waals surface area contributed by atoms with Gasteiger partial charge in [-0.25, -0.2) is 9.37 Å². The molecule has 0 saturated heterocycles. The molecule has 0 radical (unpaired) electrons. The highest BCUT2D eigenvalue weighted by Crippen LogP contribution is 2.27. The molecule has 0 atom stereocenters. The molecule has 2 rings (SSSR count). The van der Waals surface area contributed by atoms with Crippen molar-refractivity contribution in [2.24, 2.45) is 0 Å². The van der Waals surface area contributed by atoms with Crippen molar-refractivity contribution < 1.29 is 9.18 Å². The Morgan fingerprint density at radius 1 is 1.32 bits per heavy atom. The number of hydrogen-bond donors (Lipinski definition) is 1. The first kappa shape index (κ1) is 14.2. The molecular formula is C12H6BrCl2FN2O. The lowest BCUT2D eigenvalue weighted by atomic mass is 10.2. The molecule has 1 aromatic carbocycles. The highest BCUT2D eigenvalue weighted by Gasteiger charge is 2.14. The van der Waals surface area contributed by atoms with E-state index in [1.807, 2.05) is 0 Å². The van der Waals surface area contributed by atoms with Crippen LogP contribution >= 0.6 is 39.1 Å². The average Bonchev–Trinajstić information content (AvgIpc) is 2.36. The lowest BCUT2D eigenvalue weighted by molar-refractivity contribution is 0.102. The van der Waals surface area contributed by atoms with E-state index >= 15 is 0 Å². The van der Waals surface area contributed by atoms with E-state index in [-0.39, 0.29) is 10.7 Å². The lowest BCUT2D eigenvalue weighted by Gasteiger charge is -2.08. The van der Waals surface area contributed by atoms with Crippen molar-refractivity contribution in [3.05, 3.63) is 56.5 Å². The van der Waals surface area contributed by atoms with Crippen LogP contribution in [0.25, 0.3) is 0 Å². The van der Waals surface area contributed by atoms with Gasteiger partial charge in [-0.05, 0) is 40.2 Å². The summed E-state index contributed by atoms with van der Waals surface area (Å²) in [5.74, 6) is -1.21. The van der Waals surface area contributed by atoms with Gasteiger partial charge >= 0.3 is 0 Å². The van der Waals surface area contributed by atoms with Gasteiger partial charge in [-0.3, -0.25) is 4.79 Å². The van der Waals surface area contributed by atoms with Gasteiger partial charge in [0.05, 0.1) is 17.4 Å². The molecule has 1 N–H and O–H groups in total. The van der Waals surface area contributed by atoms with Crippen LogP contribution in [0.2, 0.25) is 10.2 Å². The van der Waals surface area contributed by atoms with E-state index in [1.54, 1.807) is 18.2 Å². The second-order valence-electron chi connectivity index (χ2n) is 3.57. The first-order valence-electron chi connectivity index (χ1n) is 5.05. The Balaban J connectivity index is 2.30. The number of pyridine rings is 1. The summed E-state index contributed by atoms with van der Waals surface area (Å²) in [7, 11) is 0. The standard InChI is InChI=1S/C12H6BrCl2FN2O/c13-9-2-1-6(14)3-10(9)18-12(19)8-4-7(16)5-17-11(8)15/h1-5H,(H,18,19). The molecule has 2 aromatic rings. The van der Waals surface area contributed by atoms with Crippen LogP contribution in [0, 0.1) is 5.82 Å². The number of amides is 1. The van der Waals surface area contributed by atoms with Gasteiger partial charge in [0.25, 0.3) is 5.91 Å². The topological polar surface area (TPSA) is 42.0 Å². The van der Waals surface area contributed by atoms with Gasteiger partial charge < -0.3 is 5.32 Å². The van der Waals surface area contributed by atoms with Gasteiger partial charge in [0.1, 0.15) is 11.0 Å². The normalized spacial score (nSPS) is 10.3. The first-order chi connectivity index (χ1) is 8.97. The van der Waals surface area contributed by atoms with Crippen LogP contribution in [0.5, 0.6) is 0 Å². The van der Waals surface area contributed by atoms with Crippen LogP contribution in [0.15, 0.2) is 34.9 Å². The molecule has 7 heteroatoms. The van der Waals surface area contributed by atoms with Gasteiger partial charge in [-0.15, -0.1) is 0 Å². The Bertz CT molecular complexity index is 652. The van der Waals surface area contributed by atoms with Crippen molar-refractivity contribution >= 4 is 50.7 Å². The fourth-order valence-corrected chi connectivity index (χ4v) is 2.07. The van der Waals surface area contributed by atoms with E-state index in [1.165, 1.54) is 0 Å². The molecule has 1 aromatic heterocycles. The molecule has 1 amide bonds. The van der Waals surface area contributed by atoms with Gasteiger partial charge in [-0.2, -0.15) is 0 Å². The zero-order chi connectivity index (χ0) is 14.0. The Hall–Kier alpha value is -1.17. The molecule has 0 aliphatic rings. The van der Waals surface area contributed by atoms with Crippen molar-refractivity contribution in [3.8, 4) is 0 Å². The molecule has 19 heavy (non-hydrogen) atoms. The highest BCUT2D eigenvalue weighted by molar-refractivity contribution is 9.10. The highest BCUT2D eigenvalue weighted by atomic mass is 79.9. The van der Waals surface area contributed by atoms with Crippen LogP contribution in [-0.4, -0.2) is 10.9 Å². The number of carbonyl (C=O) groups is 1. The maximum Gasteiger partial charge on any atom is 0.258 e. The second kappa shape index (κ2) is 5.86.